The molecule has 0 N–H and O–H groups in total. The van der Waals surface area contributed by atoms with Gasteiger partial charge in [-0.2, -0.15) is 10.5 Å². The average Bonchev–Trinajstić information content (AvgIpc) is 3.76. The number of benzene rings is 2. The van der Waals surface area contributed by atoms with Crippen molar-refractivity contribution < 1.29 is 9.47 Å². The van der Waals surface area contributed by atoms with Crippen LogP contribution in [0.1, 0.15) is 61.5 Å². The van der Waals surface area contributed by atoms with Gasteiger partial charge in [0.15, 0.2) is 0 Å². The van der Waals surface area contributed by atoms with Crippen LogP contribution < -0.4 is 9.47 Å². The Hall–Kier alpha value is -2.72. The van der Waals surface area contributed by atoms with Gasteiger partial charge in [-0.25, -0.2) is 0 Å². The Balaban J connectivity index is 1.13. The Morgan fingerprint density at radius 2 is 1.14 bits per heavy atom. The van der Waals surface area contributed by atoms with E-state index in [0.29, 0.717) is 35.5 Å². The first-order valence-corrected chi connectivity index (χ1v) is 14.7. The minimum Gasteiger partial charge on any atom is -0.496 e. The lowest BCUT2D eigenvalue weighted by Gasteiger charge is -2.50. The van der Waals surface area contributed by atoms with Gasteiger partial charge < -0.3 is 9.47 Å². The van der Waals surface area contributed by atoms with Crippen molar-refractivity contribution in [1.29, 1.82) is 10.5 Å². The number of fused-ring (bicyclic) bond motifs is 21. The number of nitrogens with zero attached hydrogens (tertiary/aromatic N) is 2. The predicted molar refractivity (Wildman–Crippen MR) is 139 cm³/mol. The molecular weight excluding hydrogens is 456 g/mol. The van der Waals surface area contributed by atoms with E-state index in [0.717, 1.165) is 59.8 Å². The molecule has 7 aliphatic rings. The highest BCUT2D eigenvalue weighted by molar-refractivity contribution is 5.97. The normalized spacial score (nSPS) is 46.2. The summed E-state index contributed by atoms with van der Waals surface area (Å²) in [7, 11) is 3.69. The molecule has 2 aromatic rings. The minimum atomic E-state index is -0.689. The SMILES string of the molecule is COc1c2c(c(OC)c3ccccc13)[C@@H]1C[C@H]2[C@@H]2C[C@H]3[C@@H](C[C@@H]21)[C@@H]1C[C@H]3[C@@H]2[C@H]1[C@@H]1CC[C@H]2C1(C#N)C#N. The fourth-order valence-electron chi connectivity index (χ4n) is 12.8. The van der Waals surface area contributed by atoms with Crippen LogP contribution in [-0.2, 0) is 0 Å². The molecule has 0 saturated heterocycles. The summed E-state index contributed by atoms with van der Waals surface area (Å²) in [6.07, 6.45) is 7.56. The van der Waals surface area contributed by atoms with Crippen molar-refractivity contribution in [3.63, 3.8) is 0 Å². The number of rotatable bonds is 2. The number of ether oxygens (including phenoxy) is 2. The van der Waals surface area contributed by atoms with E-state index in [1.54, 1.807) is 0 Å². The van der Waals surface area contributed by atoms with E-state index < -0.39 is 5.41 Å². The molecule has 6 bridgehead atoms. The summed E-state index contributed by atoms with van der Waals surface area (Å²) in [6.45, 7) is 0. The van der Waals surface area contributed by atoms with E-state index in [2.05, 4.69) is 36.4 Å². The van der Waals surface area contributed by atoms with Crippen LogP contribution in [-0.4, -0.2) is 14.2 Å². The molecule has 4 heteroatoms. The Labute approximate surface area is 218 Å². The molecule has 6 saturated carbocycles. The Morgan fingerprint density at radius 1 is 0.676 bits per heavy atom. The maximum absolute atomic E-state index is 10.2. The summed E-state index contributed by atoms with van der Waals surface area (Å²) in [6, 6.07) is 13.8. The summed E-state index contributed by atoms with van der Waals surface area (Å²) in [5.74, 6) is 9.89. The van der Waals surface area contributed by atoms with Crippen LogP contribution in [0.2, 0.25) is 0 Å². The lowest BCUT2D eigenvalue weighted by atomic mass is 9.54. The first-order valence-electron chi connectivity index (χ1n) is 14.7. The maximum atomic E-state index is 10.2. The fraction of sp³-hybridized carbons (Fsp3) is 0.636. The molecule has 9 rings (SSSR count). The van der Waals surface area contributed by atoms with Crippen LogP contribution in [0.15, 0.2) is 24.3 Å². The zero-order valence-electron chi connectivity index (χ0n) is 21.7. The molecule has 0 amide bonds. The standard InChI is InChI=1S/C33H34N2O2/c1-36-31-15-5-3-4-6-16(15)32(37-2)30-24-12-23(29(30)31)19-9-17-18(10-20(19)24)22-11-21(17)27-25-7-8-26(28(22)27)33(25,13-34)14-35/h3-6,17-28H,7-12H2,1-2H3/t17-,18+,19+,20-,21+,22-,23-,24+,25+,26-,27-,28+. The molecule has 12 atom stereocenters. The van der Waals surface area contributed by atoms with Crippen molar-refractivity contribution in [2.24, 2.45) is 64.6 Å². The van der Waals surface area contributed by atoms with Crippen molar-refractivity contribution in [3.05, 3.63) is 35.4 Å². The van der Waals surface area contributed by atoms with Gasteiger partial charge in [0.2, 0.25) is 0 Å². The van der Waals surface area contributed by atoms with Gasteiger partial charge in [-0.05, 0) is 110 Å². The molecule has 0 unspecified atom stereocenters. The maximum Gasteiger partial charge on any atom is 0.149 e. The van der Waals surface area contributed by atoms with Crippen molar-refractivity contribution in [3.8, 4) is 23.6 Å². The topological polar surface area (TPSA) is 66.0 Å². The highest BCUT2D eigenvalue weighted by atomic mass is 16.5. The number of hydrogen-bond donors (Lipinski definition) is 0. The third kappa shape index (κ3) is 2.14. The molecule has 0 radical (unpaired) electrons. The summed E-state index contributed by atoms with van der Waals surface area (Å²) in [5.41, 5.74) is 2.22. The minimum absolute atomic E-state index is 0.336. The molecule has 0 aliphatic heterocycles. The van der Waals surface area contributed by atoms with E-state index in [4.69, 9.17) is 9.47 Å². The zero-order chi connectivity index (χ0) is 24.8. The van der Waals surface area contributed by atoms with E-state index in [-0.39, 0.29) is 0 Å². The van der Waals surface area contributed by atoms with E-state index in [9.17, 15) is 10.5 Å². The lowest BCUT2D eigenvalue weighted by Crippen LogP contribution is -2.44. The van der Waals surface area contributed by atoms with Crippen LogP contribution in [0, 0.1) is 87.3 Å². The molecule has 0 heterocycles. The lowest BCUT2D eigenvalue weighted by molar-refractivity contribution is -0.00554. The van der Waals surface area contributed by atoms with Crippen LogP contribution in [0.4, 0.5) is 0 Å². The average molecular weight is 491 g/mol. The second kappa shape index (κ2) is 6.83. The summed E-state index contributed by atoms with van der Waals surface area (Å²) < 4.78 is 12.3. The molecule has 4 nitrogen and oxygen atoms in total. The van der Waals surface area contributed by atoms with Crippen LogP contribution >= 0.6 is 0 Å². The second-order valence-electron chi connectivity index (χ2n) is 13.6. The van der Waals surface area contributed by atoms with Crippen molar-refractivity contribution >= 4 is 10.8 Å². The van der Waals surface area contributed by atoms with Gasteiger partial charge in [0, 0.05) is 21.9 Å². The third-order valence-electron chi connectivity index (χ3n) is 13.4. The van der Waals surface area contributed by atoms with Gasteiger partial charge in [-0.1, -0.05) is 24.3 Å². The first-order chi connectivity index (χ1) is 18.2. The van der Waals surface area contributed by atoms with Gasteiger partial charge in [0.25, 0.3) is 0 Å². The highest BCUT2D eigenvalue weighted by Gasteiger charge is 2.75. The van der Waals surface area contributed by atoms with Gasteiger partial charge in [-0.15, -0.1) is 0 Å². The van der Waals surface area contributed by atoms with Crippen molar-refractivity contribution in [1.82, 2.24) is 0 Å². The number of methoxy groups -OCH3 is 2. The molecular formula is C33H34N2O2. The van der Waals surface area contributed by atoms with Gasteiger partial charge >= 0.3 is 0 Å². The van der Waals surface area contributed by atoms with Gasteiger partial charge in [-0.3, -0.25) is 0 Å². The molecule has 0 aromatic heterocycles. The largest absolute Gasteiger partial charge is 0.496 e. The van der Waals surface area contributed by atoms with Gasteiger partial charge in [0.1, 0.15) is 16.9 Å². The van der Waals surface area contributed by atoms with Crippen molar-refractivity contribution in [2.75, 3.05) is 14.2 Å². The van der Waals surface area contributed by atoms with E-state index in [1.807, 2.05) is 14.2 Å². The first kappa shape index (κ1) is 21.2. The molecule has 37 heavy (non-hydrogen) atoms. The van der Waals surface area contributed by atoms with Gasteiger partial charge in [0.05, 0.1) is 26.4 Å². The number of nitriles is 2. The summed E-state index contributed by atoms with van der Waals surface area (Å²) in [5, 5.41) is 22.8. The molecule has 188 valence electrons. The van der Waals surface area contributed by atoms with Crippen LogP contribution in [0.5, 0.6) is 11.5 Å². The Bertz CT molecular complexity index is 1340. The van der Waals surface area contributed by atoms with Crippen molar-refractivity contribution in [2.45, 2.75) is 50.4 Å². The smallest absolute Gasteiger partial charge is 0.149 e. The fourth-order valence-corrected chi connectivity index (χ4v) is 12.8. The third-order valence-corrected chi connectivity index (χ3v) is 13.4. The van der Waals surface area contributed by atoms with Crippen LogP contribution in [0.25, 0.3) is 10.8 Å². The van der Waals surface area contributed by atoms with Crippen LogP contribution in [0.3, 0.4) is 0 Å². The number of hydrogen-bond acceptors (Lipinski definition) is 4. The quantitative estimate of drug-likeness (QED) is 0.442. The Morgan fingerprint density at radius 3 is 1.57 bits per heavy atom. The molecule has 2 aromatic carbocycles. The summed E-state index contributed by atoms with van der Waals surface area (Å²) >= 11 is 0. The predicted octanol–water partition coefficient (Wildman–Crippen LogP) is 6.66. The Kier molecular flexibility index (Phi) is 3.92. The van der Waals surface area contributed by atoms with E-state index >= 15 is 0 Å². The monoisotopic (exact) mass is 490 g/mol. The summed E-state index contributed by atoms with van der Waals surface area (Å²) in [4.78, 5) is 0. The zero-order valence-corrected chi connectivity index (χ0v) is 21.7. The van der Waals surface area contributed by atoms with E-state index in [1.165, 1.54) is 47.6 Å². The molecule has 7 aliphatic carbocycles. The highest BCUT2D eigenvalue weighted by Crippen LogP contribution is 2.79. The second-order valence-corrected chi connectivity index (χ2v) is 13.6. The molecule has 0 spiro atoms. The molecule has 6 fully saturated rings.